The van der Waals surface area contributed by atoms with E-state index in [9.17, 15) is 4.79 Å². The van der Waals surface area contributed by atoms with Crippen LogP contribution in [0.3, 0.4) is 0 Å². The van der Waals surface area contributed by atoms with Crippen LogP contribution < -0.4 is 10.5 Å². The average Bonchev–Trinajstić information content (AvgIpc) is 2.33. The summed E-state index contributed by atoms with van der Waals surface area (Å²) in [5, 5.41) is 0. The number of hydrogen-bond donors (Lipinski definition) is 1. The second-order valence-corrected chi connectivity index (χ2v) is 3.21. The van der Waals surface area contributed by atoms with Crippen molar-refractivity contribution < 1.29 is 0 Å². The highest BCUT2D eigenvalue weighted by Crippen LogP contribution is 2.05. The number of nitrogens with zero attached hydrogens (tertiary/aromatic N) is 2. The highest BCUT2D eigenvalue weighted by Gasteiger charge is 2.10. The Morgan fingerprint density at radius 1 is 1.64 bits per heavy atom. The molecular weight excluding hydrogens is 162 g/mol. The van der Waals surface area contributed by atoms with Crippen molar-refractivity contribution in [3.63, 3.8) is 0 Å². The largest absolute Gasteiger partial charge is 0.352 e. The van der Waals surface area contributed by atoms with E-state index in [0.717, 1.165) is 11.7 Å². The molecule has 0 aliphatic rings. The summed E-state index contributed by atoms with van der Waals surface area (Å²) in [7, 11) is 1.86. The summed E-state index contributed by atoms with van der Waals surface area (Å²) in [5.41, 5.74) is -0.105. The standard InChI is InChI=1S/C6H11N3OS/c1-4(2)9(3)5-6(10)8-11-7-5/h4H,1-3H3,(H,8,10). The minimum absolute atomic E-state index is 0.105. The average molecular weight is 173 g/mol. The number of hydrogen-bond acceptors (Lipinski definition) is 4. The Morgan fingerprint density at radius 2 is 2.27 bits per heavy atom. The Kier molecular flexibility index (Phi) is 2.28. The molecule has 1 N–H and O–H groups in total. The Labute approximate surface area is 69.2 Å². The lowest BCUT2D eigenvalue weighted by molar-refractivity contribution is 0.744. The highest BCUT2D eigenvalue weighted by atomic mass is 32.1. The molecule has 0 aromatic carbocycles. The maximum Gasteiger partial charge on any atom is 0.302 e. The first-order valence-corrected chi connectivity index (χ1v) is 4.17. The quantitative estimate of drug-likeness (QED) is 0.715. The van der Waals surface area contributed by atoms with Gasteiger partial charge < -0.3 is 4.90 Å². The minimum Gasteiger partial charge on any atom is -0.352 e. The Balaban J connectivity index is 2.93. The van der Waals surface area contributed by atoms with E-state index in [1.54, 1.807) is 0 Å². The summed E-state index contributed by atoms with van der Waals surface area (Å²) in [4.78, 5) is 12.9. The van der Waals surface area contributed by atoms with Crippen molar-refractivity contribution in [2.45, 2.75) is 19.9 Å². The molecule has 0 amide bonds. The number of aromatic nitrogens is 2. The number of rotatable bonds is 2. The van der Waals surface area contributed by atoms with Crippen LogP contribution in [0.25, 0.3) is 0 Å². The second-order valence-electron chi connectivity index (χ2n) is 2.64. The molecule has 0 spiro atoms. The van der Waals surface area contributed by atoms with Gasteiger partial charge >= 0.3 is 5.56 Å². The molecule has 0 saturated carbocycles. The third kappa shape index (κ3) is 1.59. The molecule has 4 nitrogen and oxygen atoms in total. The molecule has 62 valence electrons. The van der Waals surface area contributed by atoms with E-state index in [-0.39, 0.29) is 5.56 Å². The van der Waals surface area contributed by atoms with Gasteiger partial charge in [-0.3, -0.25) is 9.17 Å². The summed E-state index contributed by atoms with van der Waals surface area (Å²) < 4.78 is 6.47. The first-order chi connectivity index (χ1) is 5.13. The van der Waals surface area contributed by atoms with Crippen molar-refractivity contribution in [3.05, 3.63) is 10.4 Å². The van der Waals surface area contributed by atoms with Gasteiger partial charge in [-0.2, -0.15) is 4.37 Å². The van der Waals surface area contributed by atoms with Crippen LogP contribution in [0.2, 0.25) is 0 Å². The van der Waals surface area contributed by atoms with Crippen molar-refractivity contribution in [1.29, 1.82) is 0 Å². The first kappa shape index (κ1) is 8.26. The minimum atomic E-state index is -0.105. The van der Waals surface area contributed by atoms with E-state index in [1.165, 1.54) is 0 Å². The summed E-state index contributed by atoms with van der Waals surface area (Å²) in [5.74, 6) is 0.505. The molecule has 0 bridgehead atoms. The van der Waals surface area contributed by atoms with Crippen molar-refractivity contribution in [2.75, 3.05) is 11.9 Å². The molecule has 0 unspecified atom stereocenters. The van der Waals surface area contributed by atoms with Gasteiger partial charge in [0.05, 0.1) is 0 Å². The second kappa shape index (κ2) is 3.04. The lowest BCUT2D eigenvalue weighted by Gasteiger charge is -2.18. The van der Waals surface area contributed by atoms with Crippen LogP contribution in [0.5, 0.6) is 0 Å². The molecular formula is C6H11N3OS. The molecule has 0 atom stereocenters. The third-order valence-electron chi connectivity index (χ3n) is 1.58. The van der Waals surface area contributed by atoms with Gasteiger partial charge in [0.25, 0.3) is 0 Å². The van der Waals surface area contributed by atoms with E-state index >= 15 is 0 Å². The molecule has 5 heteroatoms. The van der Waals surface area contributed by atoms with E-state index in [2.05, 4.69) is 8.75 Å². The highest BCUT2D eigenvalue weighted by molar-refractivity contribution is 6.99. The van der Waals surface area contributed by atoms with Crippen molar-refractivity contribution in [2.24, 2.45) is 0 Å². The SMILES string of the molecule is CC(C)N(C)c1ns[nH]c1=O. The molecule has 0 saturated heterocycles. The number of H-pyrrole nitrogens is 1. The normalized spacial score (nSPS) is 10.5. The summed E-state index contributed by atoms with van der Waals surface area (Å²) in [6.45, 7) is 4.03. The van der Waals surface area contributed by atoms with Gasteiger partial charge in [0, 0.05) is 24.8 Å². The molecule has 1 rings (SSSR count). The van der Waals surface area contributed by atoms with E-state index < -0.39 is 0 Å². The van der Waals surface area contributed by atoms with Gasteiger partial charge in [-0.15, -0.1) is 0 Å². The molecule has 1 aromatic rings. The van der Waals surface area contributed by atoms with Crippen LogP contribution in [-0.4, -0.2) is 21.8 Å². The van der Waals surface area contributed by atoms with Crippen LogP contribution in [0, 0.1) is 0 Å². The number of aromatic amines is 1. The molecule has 0 radical (unpaired) electrons. The monoisotopic (exact) mass is 173 g/mol. The zero-order valence-corrected chi connectivity index (χ0v) is 7.60. The fourth-order valence-electron chi connectivity index (χ4n) is 0.664. The van der Waals surface area contributed by atoms with E-state index in [1.807, 2.05) is 25.8 Å². The third-order valence-corrected chi connectivity index (χ3v) is 2.12. The van der Waals surface area contributed by atoms with Crippen LogP contribution in [0.4, 0.5) is 5.82 Å². The maximum absolute atomic E-state index is 11.0. The maximum atomic E-state index is 11.0. The number of nitrogens with one attached hydrogen (secondary N) is 1. The van der Waals surface area contributed by atoms with E-state index in [4.69, 9.17) is 0 Å². The van der Waals surface area contributed by atoms with Gasteiger partial charge in [0.2, 0.25) is 5.82 Å². The van der Waals surface area contributed by atoms with Crippen LogP contribution in [-0.2, 0) is 0 Å². The fourth-order valence-corrected chi connectivity index (χ4v) is 1.18. The first-order valence-electron chi connectivity index (χ1n) is 3.40. The van der Waals surface area contributed by atoms with Gasteiger partial charge in [0.15, 0.2) is 0 Å². The molecule has 1 aromatic heterocycles. The van der Waals surface area contributed by atoms with Gasteiger partial charge in [-0.05, 0) is 13.8 Å². The summed E-state index contributed by atoms with van der Waals surface area (Å²) >= 11 is 1.08. The molecule has 0 aliphatic heterocycles. The molecule has 0 aliphatic carbocycles. The Bertz CT molecular complexity index is 277. The van der Waals surface area contributed by atoms with Crippen molar-refractivity contribution in [3.8, 4) is 0 Å². The van der Waals surface area contributed by atoms with Gasteiger partial charge in [0.1, 0.15) is 0 Å². The zero-order valence-electron chi connectivity index (χ0n) is 6.79. The van der Waals surface area contributed by atoms with Crippen LogP contribution >= 0.6 is 11.7 Å². The van der Waals surface area contributed by atoms with Crippen LogP contribution in [0.1, 0.15) is 13.8 Å². The number of anilines is 1. The Morgan fingerprint density at radius 3 is 2.64 bits per heavy atom. The van der Waals surface area contributed by atoms with Gasteiger partial charge in [-0.25, -0.2) is 0 Å². The Hall–Kier alpha value is -0.840. The molecule has 0 fully saturated rings. The predicted molar refractivity (Wildman–Crippen MR) is 46.3 cm³/mol. The fraction of sp³-hybridized carbons (Fsp3) is 0.667. The van der Waals surface area contributed by atoms with Crippen LogP contribution in [0.15, 0.2) is 4.79 Å². The van der Waals surface area contributed by atoms with Gasteiger partial charge in [-0.1, -0.05) is 0 Å². The topological polar surface area (TPSA) is 49.0 Å². The summed E-state index contributed by atoms with van der Waals surface area (Å²) in [6.07, 6.45) is 0. The zero-order chi connectivity index (χ0) is 8.43. The van der Waals surface area contributed by atoms with E-state index in [0.29, 0.717) is 11.9 Å². The smallest absolute Gasteiger partial charge is 0.302 e. The van der Waals surface area contributed by atoms with Crippen molar-refractivity contribution >= 4 is 17.5 Å². The predicted octanol–water partition coefficient (Wildman–Crippen LogP) is 0.676. The van der Waals surface area contributed by atoms with Crippen molar-refractivity contribution in [1.82, 2.24) is 8.75 Å². The molecule has 11 heavy (non-hydrogen) atoms. The lowest BCUT2D eigenvalue weighted by atomic mass is 10.3. The lowest BCUT2D eigenvalue weighted by Crippen LogP contribution is -2.29. The summed E-state index contributed by atoms with van der Waals surface area (Å²) in [6, 6.07) is 0.304. The molecule has 1 heterocycles.